The van der Waals surface area contributed by atoms with E-state index in [1.54, 1.807) is 6.07 Å². The maximum Gasteiger partial charge on any atom is 0.186 e. The van der Waals surface area contributed by atoms with Gasteiger partial charge in [0.25, 0.3) is 0 Å². The molecule has 1 saturated heterocycles. The highest BCUT2D eigenvalue weighted by molar-refractivity contribution is 7.18. The highest BCUT2D eigenvalue weighted by Crippen LogP contribution is 2.22. The summed E-state index contributed by atoms with van der Waals surface area (Å²) in [5.41, 5.74) is 0. The summed E-state index contributed by atoms with van der Waals surface area (Å²) in [6.07, 6.45) is 0. The van der Waals surface area contributed by atoms with Gasteiger partial charge in [-0.05, 0) is 18.7 Å². The zero-order valence-electron chi connectivity index (χ0n) is 9.99. The van der Waals surface area contributed by atoms with Crippen molar-refractivity contribution in [1.29, 1.82) is 0 Å². The van der Waals surface area contributed by atoms with Crippen molar-refractivity contribution in [3.8, 4) is 0 Å². The van der Waals surface area contributed by atoms with Gasteiger partial charge < -0.3 is 4.90 Å². The van der Waals surface area contributed by atoms with Crippen LogP contribution in [0.2, 0.25) is 4.34 Å². The van der Waals surface area contributed by atoms with E-state index in [1.807, 2.05) is 6.07 Å². The van der Waals surface area contributed by atoms with Gasteiger partial charge in [-0.15, -0.1) is 11.3 Å². The molecule has 0 unspecified atom stereocenters. The minimum Gasteiger partial charge on any atom is -0.301 e. The van der Waals surface area contributed by atoms with E-state index >= 15 is 0 Å². The lowest BCUT2D eigenvalue weighted by Gasteiger charge is -2.33. The summed E-state index contributed by atoms with van der Waals surface area (Å²) in [6, 6.07) is 3.60. The van der Waals surface area contributed by atoms with Crippen molar-refractivity contribution < 1.29 is 4.79 Å². The first-order valence-electron chi connectivity index (χ1n) is 5.92. The largest absolute Gasteiger partial charge is 0.301 e. The number of piperazine rings is 1. The second-order valence-electron chi connectivity index (χ2n) is 4.24. The van der Waals surface area contributed by atoms with Gasteiger partial charge in [0.05, 0.1) is 15.8 Å². The van der Waals surface area contributed by atoms with Crippen LogP contribution < -0.4 is 0 Å². The average Bonchev–Trinajstić information content (AvgIpc) is 2.77. The molecule has 0 atom stereocenters. The Balaban J connectivity index is 1.84. The second-order valence-corrected chi connectivity index (χ2v) is 5.95. The molecular formula is C12H17ClN2OS. The Kier molecular flexibility index (Phi) is 4.56. The molecule has 17 heavy (non-hydrogen) atoms. The number of carbonyl (C=O) groups excluding carboxylic acids is 1. The fourth-order valence-electron chi connectivity index (χ4n) is 2.01. The number of halogens is 1. The number of Topliss-reactive ketones (excluding diaryl/α,β-unsaturated/α-hetero) is 1. The highest BCUT2D eigenvalue weighted by atomic mass is 35.5. The van der Waals surface area contributed by atoms with E-state index in [0.717, 1.165) is 37.6 Å². The van der Waals surface area contributed by atoms with Crippen LogP contribution in [0, 0.1) is 0 Å². The van der Waals surface area contributed by atoms with E-state index in [-0.39, 0.29) is 5.78 Å². The fraction of sp³-hybridized carbons (Fsp3) is 0.583. The molecule has 1 aliphatic heterocycles. The van der Waals surface area contributed by atoms with Gasteiger partial charge in [-0.3, -0.25) is 9.69 Å². The molecule has 0 bridgehead atoms. The molecule has 0 radical (unpaired) electrons. The third-order valence-corrected chi connectivity index (χ3v) is 4.40. The monoisotopic (exact) mass is 272 g/mol. The SMILES string of the molecule is CCN1CCN(CC(=O)c2ccc(Cl)s2)CC1. The standard InChI is InChI=1S/C12H17ClN2OS/c1-2-14-5-7-15(8-6-14)9-10(16)11-3-4-12(13)17-11/h3-4H,2,5-9H2,1H3. The summed E-state index contributed by atoms with van der Waals surface area (Å²) >= 11 is 7.20. The topological polar surface area (TPSA) is 23.6 Å². The number of hydrogen-bond acceptors (Lipinski definition) is 4. The Morgan fingerprint density at radius 2 is 1.94 bits per heavy atom. The van der Waals surface area contributed by atoms with Crippen LogP contribution in [0.4, 0.5) is 0 Å². The van der Waals surface area contributed by atoms with Gasteiger partial charge in [0.1, 0.15) is 0 Å². The Morgan fingerprint density at radius 1 is 1.29 bits per heavy atom. The van der Waals surface area contributed by atoms with Crippen LogP contribution in [0.5, 0.6) is 0 Å². The summed E-state index contributed by atoms with van der Waals surface area (Å²) in [5.74, 6) is 0.187. The quantitative estimate of drug-likeness (QED) is 0.786. The van der Waals surface area contributed by atoms with E-state index in [1.165, 1.54) is 11.3 Å². The van der Waals surface area contributed by atoms with Crippen molar-refractivity contribution in [2.75, 3.05) is 39.3 Å². The number of likely N-dealkylation sites (N-methyl/N-ethyl adjacent to an activating group) is 1. The van der Waals surface area contributed by atoms with Crippen molar-refractivity contribution in [3.63, 3.8) is 0 Å². The van der Waals surface area contributed by atoms with Gasteiger partial charge in [0.2, 0.25) is 0 Å². The molecule has 2 heterocycles. The Hall–Kier alpha value is -0.420. The molecule has 94 valence electrons. The molecule has 1 fully saturated rings. The lowest BCUT2D eigenvalue weighted by Crippen LogP contribution is -2.47. The lowest BCUT2D eigenvalue weighted by atomic mass is 10.2. The molecule has 0 N–H and O–H groups in total. The van der Waals surface area contributed by atoms with Crippen LogP contribution in [0.25, 0.3) is 0 Å². The number of thiophene rings is 1. The van der Waals surface area contributed by atoms with Crippen LogP contribution in [0.15, 0.2) is 12.1 Å². The van der Waals surface area contributed by atoms with Crippen LogP contribution in [0.3, 0.4) is 0 Å². The van der Waals surface area contributed by atoms with Crippen molar-refractivity contribution in [2.24, 2.45) is 0 Å². The Labute approximate surface area is 111 Å². The lowest BCUT2D eigenvalue weighted by molar-refractivity contribution is 0.0863. The van der Waals surface area contributed by atoms with Crippen LogP contribution in [-0.4, -0.2) is 54.9 Å². The van der Waals surface area contributed by atoms with E-state index < -0.39 is 0 Å². The Morgan fingerprint density at radius 3 is 2.47 bits per heavy atom. The van der Waals surface area contributed by atoms with Crippen molar-refractivity contribution in [2.45, 2.75) is 6.92 Å². The molecule has 1 aromatic heterocycles. The molecular weight excluding hydrogens is 256 g/mol. The predicted molar refractivity (Wildman–Crippen MR) is 72.2 cm³/mol. The number of ketones is 1. The van der Waals surface area contributed by atoms with Gasteiger partial charge in [-0.1, -0.05) is 18.5 Å². The summed E-state index contributed by atoms with van der Waals surface area (Å²) < 4.78 is 0.684. The van der Waals surface area contributed by atoms with Gasteiger partial charge in [-0.2, -0.15) is 0 Å². The van der Waals surface area contributed by atoms with E-state index in [9.17, 15) is 4.79 Å². The molecule has 0 amide bonds. The first-order chi connectivity index (χ1) is 8.19. The van der Waals surface area contributed by atoms with Crippen LogP contribution in [0.1, 0.15) is 16.6 Å². The maximum atomic E-state index is 12.0. The number of rotatable bonds is 4. The molecule has 0 aromatic carbocycles. The summed E-state index contributed by atoms with van der Waals surface area (Å²) in [5, 5.41) is 0. The number of hydrogen-bond donors (Lipinski definition) is 0. The first-order valence-corrected chi connectivity index (χ1v) is 7.11. The molecule has 5 heteroatoms. The zero-order valence-corrected chi connectivity index (χ0v) is 11.6. The van der Waals surface area contributed by atoms with Crippen molar-refractivity contribution >= 4 is 28.7 Å². The third-order valence-electron chi connectivity index (χ3n) is 3.13. The summed E-state index contributed by atoms with van der Waals surface area (Å²) in [6.45, 7) is 7.90. The minimum atomic E-state index is 0.187. The van der Waals surface area contributed by atoms with Crippen LogP contribution >= 0.6 is 22.9 Å². The van der Waals surface area contributed by atoms with Gasteiger partial charge in [0.15, 0.2) is 5.78 Å². The molecule has 0 aliphatic carbocycles. The maximum absolute atomic E-state index is 12.0. The molecule has 1 aromatic rings. The zero-order chi connectivity index (χ0) is 12.3. The fourth-order valence-corrected chi connectivity index (χ4v) is 2.98. The number of nitrogens with zero attached hydrogens (tertiary/aromatic N) is 2. The molecule has 0 spiro atoms. The predicted octanol–water partition coefficient (Wildman–Crippen LogP) is 2.22. The molecule has 0 saturated carbocycles. The van der Waals surface area contributed by atoms with Crippen molar-refractivity contribution in [1.82, 2.24) is 9.80 Å². The van der Waals surface area contributed by atoms with Gasteiger partial charge >= 0.3 is 0 Å². The molecule has 3 nitrogen and oxygen atoms in total. The van der Waals surface area contributed by atoms with Gasteiger partial charge in [-0.25, -0.2) is 0 Å². The average molecular weight is 273 g/mol. The minimum absolute atomic E-state index is 0.187. The second kappa shape index (κ2) is 5.96. The Bertz CT molecular complexity index is 386. The smallest absolute Gasteiger partial charge is 0.186 e. The van der Waals surface area contributed by atoms with E-state index in [4.69, 9.17) is 11.6 Å². The van der Waals surface area contributed by atoms with Crippen molar-refractivity contribution in [3.05, 3.63) is 21.3 Å². The first kappa shape index (κ1) is 13.0. The summed E-state index contributed by atoms with van der Waals surface area (Å²) in [7, 11) is 0. The molecule has 2 rings (SSSR count). The normalized spacial score (nSPS) is 18.5. The van der Waals surface area contributed by atoms with Gasteiger partial charge in [0, 0.05) is 26.2 Å². The number of carbonyl (C=O) groups is 1. The third kappa shape index (κ3) is 3.52. The van der Waals surface area contributed by atoms with E-state index in [0.29, 0.717) is 10.9 Å². The van der Waals surface area contributed by atoms with E-state index in [2.05, 4.69) is 16.7 Å². The molecule has 1 aliphatic rings. The highest BCUT2D eigenvalue weighted by Gasteiger charge is 2.19. The summed E-state index contributed by atoms with van der Waals surface area (Å²) in [4.78, 5) is 17.4. The van der Waals surface area contributed by atoms with Crippen LogP contribution in [-0.2, 0) is 0 Å².